The Bertz CT molecular complexity index is 507. The van der Waals surface area contributed by atoms with Gasteiger partial charge in [-0.2, -0.15) is 0 Å². The van der Waals surface area contributed by atoms with Gasteiger partial charge in [0.2, 0.25) is 5.13 Å². The molecule has 0 aliphatic heterocycles. The number of nitrogens with zero attached hydrogens (tertiary/aromatic N) is 2. The molecule has 2 rings (SSSR count). The van der Waals surface area contributed by atoms with E-state index in [-0.39, 0.29) is 0 Å². The molecule has 1 heterocycles. The number of nitrogens with one attached hydrogen (secondary N) is 1. The third-order valence-electron chi connectivity index (χ3n) is 2.26. The first-order valence-electron chi connectivity index (χ1n) is 5.64. The van der Waals surface area contributed by atoms with Gasteiger partial charge >= 0.3 is 0 Å². The summed E-state index contributed by atoms with van der Waals surface area (Å²) in [5, 5.41) is 13.0. The average molecular weight is 261 g/mol. The van der Waals surface area contributed by atoms with E-state index in [4.69, 9.17) is 4.74 Å². The largest absolute Gasteiger partial charge is 0.490 e. The zero-order chi connectivity index (χ0) is 12.8. The number of aromatic nitrogens is 2. The van der Waals surface area contributed by atoms with Gasteiger partial charge in [-0.15, -0.1) is 10.2 Å². The van der Waals surface area contributed by atoms with Crippen molar-refractivity contribution in [1.82, 2.24) is 10.2 Å². The van der Waals surface area contributed by atoms with Gasteiger partial charge in [0.25, 0.3) is 0 Å². The Balaban J connectivity index is 1.88. The molecule has 2 aromatic rings. The van der Waals surface area contributed by atoms with Crippen molar-refractivity contribution >= 4 is 16.5 Å². The molecule has 5 heteroatoms. The second-order valence-corrected chi connectivity index (χ2v) is 4.91. The van der Waals surface area contributed by atoms with E-state index in [1.165, 1.54) is 5.56 Å². The highest BCUT2D eigenvalue weighted by Gasteiger charge is 2.00. The first kappa shape index (κ1) is 12.6. The van der Waals surface area contributed by atoms with E-state index in [9.17, 15) is 0 Å². The van der Waals surface area contributed by atoms with E-state index in [1.54, 1.807) is 17.4 Å². The molecule has 0 amide bonds. The molecule has 1 aromatic carbocycles. The lowest BCUT2D eigenvalue weighted by Gasteiger charge is -2.05. The normalized spacial score (nSPS) is 10.1. The summed E-state index contributed by atoms with van der Waals surface area (Å²) in [4.78, 5) is 0. The summed E-state index contributed by atoms with van der Waals surface area (Å²) in [5.74, 6) is 0.852. The van der Waals surface area contributed by atoms with Crippen LogP contribution in [0.25, 0.3) is 0 Å². The van der Waals surface area contributed by atoms with Gasteiger partial charge in [-0.25, -0.2) is 0 Å². The zero-order valence-corrected chi connectivity index (χ0v) is 11.0. The van der Waals surface area contributed by atoms with Gasteiger partial charge < -0.3 is 10.1 Å². The van der Waals surface area contributed by atoms with Crippen LogP contribution in [0.1, 0.15) is 10.6 Å². The van der Waals surface area contributed by atoms with E-state index in [0.29, 0.717) is 6.61 Å². The van der Waals surface area contributed by atoms with Crippen LogP contribution >= 0.6 is 11.3 Å². The smallest absolute Gasteiger partial charge is 0.205 e. The van der Waals surface area contributed by atoms with Crippen molar-refractivity contribution in [2.75, 3.05) is 11.9 Å². The van der Waals surface area contributed by atoms with Crippen molar-refractivity contribution in [3.63, 3.8) is 0 Å². The number of anilines is 1. The Morgan fingerprint density at radius 3 is 2.72 bits per heavy atom. The minimum atomic E-state index is 0.529. The second-order valence-electron chi connectivity index (χ2n) is 3.72. The zero-order valence-electron chi connectivity index (χ0n) is 10.2. The van der Waals surface area contributed by atoms with Crippen molar-refractivity contribution in [3.05, 3.63) is 47.5 Å². The van der Waals surface area contributed by atoms with Gasteiger partial charge in [0, 0.05) is 6.54 Å². The summed E-state index contributed by atoms with van der Waals surface area (Å²) in [5.41, 5.74) is 1.17. The minimum absolute atomic E-state index is 0.529. The fourth-order valence-electron chi connectivity index (χ4n) is 1.40. The molecule has 1 aromatic heterocycles. The van der Waals surface area contributed by atoms with Crippen LogP contribution in [0.2, 0.25) is 0 Å². The summed E-state index contributed by atoms with van der Waals surface area (Å²) in [6.07, 6.45) is 1.73. The van der Waals surface area contributed by atoms with Crippen LogP contribution in [0.5, 0.6) is 5.75 Å². The Hall–Kier alpha value is -1.88. The Morgan fingerprint density at radius 1 is 1.33 bits per heavy atom. The van der Waals surface area contributed by atoms with Crippen molar-refractivity contribution in [3.8, 4) is 5.75 Å². The molecule has 94 valence electrons. The lowest BCUT2D eigenvalue weighted by atomic mass is 10.2. The standard InChI is InChI=1S/C13H15N3OS/c1-3-8-17-12-6-4-11(5-7-12)9-14-13-16-15-10(2)18-13/h3-7H,1,8-9H2,2H3,(H,14,16). The van der Waals surface area contributed by atoms with E-state index in [2.05, 4.69) is 22.1 Å². The molecular weight excluding hydrogens is 246 g/mol. The molecule has 1 N–H and O–H groups in total. The van der Waals surface area contributed by atoms with Crippen LogP contribution in [0.15, 0.2) is 36.9 Å². The molecule has 0 aliphatic rings. The van der Waals surface area contributed by atoms with Gasteiger partial charge in [0.1, 0.15) is 17.4 Å². The Morgan fingerprint density at radius 2 is 2.11 bits per heavy atom. The highest BCUT2D eigenvalue weighted by Crippen LogP contribution is 2.16. The summed E-state index contributed by atoms with van der Waals surface area (Å²) in [6, 6.07) is 7.95. The quantitative estimate of drug-likeness (QED) is 0.812. The third-order valence-corrected chi connectivity index (χ3v) is 3.06. The van der Waals surface area contributed by atoms with Gasteiger partial charge in [-0.05, 0) is 24.6 Å². The molecule has 18 heavy (non-hydrogen) atoms. The third kappa shape index (κ3) is 3.56. The molecule has 0 unspecified atom stereocenters. The topological polar surface area (TPSA) is 47.0 Å². The Kier molecular flexibility index (Phi) is 4.30. The van der Waals surface area contributed by atoms with Crippen LogP contribution in [0.4, 0.5) is 5.13 Å². The molecule has 0 fully saturated rings. The van der Waals surface area contributed by atoms with Crippen LogP contribution in [0.3, 0.4) is 0 Å². The lowest BCUT2D eigenvalue weighted by Crippen LogP contribution is -1.99. The second kappa shape index (κ2) is 6.16. The molecule has 0 spiro atoms. The number of aryl methyl sites for hydroxylation is 1. The number of hydrogen-bond acceptors (Lipinski definition) is 5. The van der Waals surface area contributed by atoms with Gasteiger partial charge in [-0.3, -0.25) is 0 Å². The minimum Gasteiger partial charge on any atom is -0.490 e. The molecule has 0 bridgehead atoms. The van der Waals surface area contributed by atoms with Crippen LogP contribution in [0, 0.1) is 6.92 Å². The van der Waals surface area contributed by atoms with Gasteiger partial charge in [0.15, 0.2) is 0 Å². The SMILES string of the molecule is C=CCOc1ccc(CNc2nnc(C)s2)cc1. The molecule has 0 radical (unpaired) electrons. The number of hydrogen-bond donors (Lipinski definition) is 1. The summed E-state index contributed by atoms with van der Waals surface area (Å²) in [7, 11) is 0. The highest BCUT2D eigenvalue weighted by molar-refractivity contribution is 7.15. The fraction of sp³-hybridized carbons (Fsp3) is 0.231. The molecule has 0 saturated carbocycles. The summed E-state index contributed by atoms with van der Waals surface area (Å²) < 4.78 is 5.42. The summed E-state index contributed by atoms with van der Waals surface area (Å²) >= 11 is 1.55. The molecular formula is C13H15N3OS. The predicted octanol–water partition coefficient (Wildman–Crippen LogP) is 3.02. The highest BCUT2D eigenvalue weighted by atomic mass is 32.1. The lowest BCUT2D eigenvalue weighted by molar-refractivity contribution is 0.363. The summed E-state index contributed by atoms with van der Waals surface area (Å²) in [6.45, 7) is 6.81. The van der Waals surface area contributed by atoms with Crippen molar-refractivity contribution in [1.29, 1.82) is 0 Å². The molecule has 0 aliphatic carbocycles. The Labute approximate surface area is 110 Å². The molecule has 0 atom stereocenters. The van der Waals surface area contributed by atoms with Crippen LogP contribution < -0.4 is 10.1 Å². The van der Waals surface area contributed by atoms with E-state index < -0.39 is 0 Å². The maximum atomic E-state index is 5.42. The monoisotopic (exact) mass is 261 g/mol. The van der Waals surface area contributed by atoms with E-state index >= 15 is 0 Å². The van der Waals surface area contributed by atoms with Crippen LogP contribution in [-0.4, -0.2) is 16.8 Å². The molecule has 0 saturated heterocycles. The predicted molar refractivity (Wildman–Crippen MR) is 74.1 cm³/mol. The van der Waals surface area contributed by atoms with E-state index in [0.717, 1.165) is 22.4 Å². The average Bonchev–Trinajstić information content (AvgIpc) is 2.81. The molecule has 4 nitrogen and oxygen atoms in total. The van der Waals surface area contributed by atoms with Crippen molar-refractivity contribution < 1.29 is 4.74 Å². The first-order chi connectivity index (χ1) is 8.78. The van der Waals surface area contributed by atoms with E-state index in [1.807, 2.05) is 31.2 Å². The maximum absolute atomic E-state index is 5.42. The maximum Gasteiger partial charge on any atom is 0.205 e. The van der Waals surface area contributed by atoms with Gasteiger partial charge in [-0.1, -0.05) is 36.1 Å². The number of benzene rings is 1. The van der Waals surface area contributed by atoms with Crippen molar-refractivity contribution in [2.24, 2.45) is 0 Å². The first-order valence-corrected chi connectivity index (χ1v) is 6.46. The number of ether oxygens (including phenoxy) is 1. The van der Waals surface area contributed by atoms with Gasteiger partial charge in [0.05, 0.1) is 0 Å². The number of rotatable bonds is 6. The fourth-order valence-corrected chi connectivity index (χ4v) is 1.99. The van der Waals surface area contributed by atoms with Crippen molar-refractivity contribution in [2.45, 2.75) is 13.5 Å². The van der Waals surface area contributed by atoms with Crippen LogP contribution in [-0.2, 0) is 6.54 Å².